The quantitative estimate of drug-likeness (QED) is 0.153. The van der Waals surface area contributed by atoms with Crippen LogP contribution in [0.2, 0.25) is 0 Å². The van der Waals surface area contributed by atoms with Crippen LogP contribution in [-0.2, 0) is 19.0 Å². The van der Waals surface area contributed by atoms with Gasteiger partial charge in [-0.25, -0.2) is 0 Å². The number of cyclic esters (lactones) is 1. The van der Waals surface area contributed by atoms with Gasteiger partial charge < -0.3 is 14.2 Å². The SMILES string of the molecule is CCCCCCCCCCC[C@@H](CC1OC(=O)C1CCCCCC)OC1CCCCO1. The molecule has 2 heterocycles. The average Bonchev–Trinajstić information content (AvgIpc) is 2.78. The second-order valence-corrected chi connectivity index (χ2v) is 9.84. The highest BCUT2D eigenvalue weighted by Crippen LogP contribution is 2.33. The second-order valence-electron chi connectivity index (χ2n) is 9.84. The minimum Gasteiger partial charge on any atom is -0.461 e. The highest BCUT2D eigenvalue weighted by molar-refractivity contribution is 5.78. The molecule has 0 aromatic carbocycles. The van der Waals surface area contributed by atoms with E-state index in [-0.39, 0.29) is 30.4 Å². The molecule has 4 heteroatoms. The summed E-state index contributed by atoms with van der Waals surface area (Å²) in [7, 11) is 0. The maximum absolute atomic E-state index is 12.0. The van der Waals surface area contributed by atoms with E-state index >= 15 is 0 Å². The molecule has 2 aliphatic rings. The predicted molar refractivity (Wildman–Crippen MR) is 127 cm³/mol. The van der Waals surface area contributed by atoms with Crippen LogP contribution in [0.25, 0.3) is 0 Å². The van der Waals surface area contributed by atoms with Gasteiger partial charge in [0, 0.05) is 13.0 Å². The Morgan fingerprint density at radius 1 is 0.871 bits per heavy atom. The molecule has 0 amide bonds. The van der Waals surface area contributed by atoms with Gasteiger partial charge in [-0.3, -0.25) is 4.79 Å². The summed E-state index contributed by atoms with van der Waals surface area (Å²) < 4.78 is 17.8. The number of carbonyl (C=O) groups excluding carboxylic acids is 1. The number of rotatable bonds is 19. The fourth-order valence-corrected chi connectivity index (χ4v) is 4.92. The Morgan fingerprint density at radius 3 is 2.13 bits per heavy atom. The van der Waals surface area contributed by atoms with Gasteiger partial charge in [-0.2, -0.15) is 0 Å². The van der Waals surface area contributed by atoms with Gasteiger partial charge in [-0.15, -0.1) is 0 Å². The Morgan fingerprint density at radius 2 is 1.52 bits per heavy atom. The van der Waals surface area contributed by atoms with E-state index in [9.17, 15) is 4.79 Å². The van der Waals surface area contributed by atoms with E-state index in [2.05, 4.69) is 13.8 Å². The van der Waals surface area contributed by atoms with Crippen molar-refractivity contribution in [1.29, 1.82) is 0 Å². The molecule has 0 saturated carbocycles. The summed E-state index contributed by atoms with van der Waals surface area (Å²) in [5, 5.41) is 0. The molecular weight excluding hydrogens is 388 g/mol. The van der Waals surface area contributed by atoms with Crippen LogP contribution >= 0.6 is 0 Å². The van der Waals surface area contributed by atoms with Crippen molar-refractivity contribution in [2.45, 2.75) is 154 Å². The van der Waals surface area contributed by atoms with Crippen molar-refractivity contribution in [2.75, 3.05) is 6.61 Å². The van der Waals surface area contributed by atoms with Crippen LogP contribution in [-0.4, -0.2) is 31.1 Å². The first kappa shape index (κ1) is 26.6. The molecule has 0 bridgehead atoms. The molecule has 3 unspecified atom stereocenters. The molecule has 31 heavy (non-hydrogen) atoms. The highest BCUT2D eigenvalue weighted by atomic mass is 16.7. The summed E-state index contributed by atoms with van der Waals surface area (Å²) in [4.78, 5) is 12.0. The zero-order valence-corrected chi connectivity index (χ0v) is 20.6. The highest BCUT2D eigenvalue weighted by Gasteiger charge is 2.43. The van der Waals surface area contributed by atoms with Crippen LogP contribution in [0.4, 0.5) is 0 Å². The van der Waals surface area contributed by atoms with Gasteiger partial charge in [-0.1, -0.05) is 97.3 Å². The van der Waals surface area contributed by atoms with E-state index < -0.39 is 0 Å². The first-order valence-electron chi connectivity index (χ1n) is 13.7. The summed E-state index contributed by atoms with van der Waals surface area (Å²) in [6.45, 7) is 5.31. The number of hydrogen-bond donors (Lipinski definition) is 0. The van der Waals surface area contributed by atoms with Crippen LogP contribution in [0.15, 0.2) is 0 Å². The lowest BCUT2D eigenvalue weighted by Crippen LogP contribution is -2.47. The summed E-state index contributed by atoms with van der Waals surface area (Å²) >= 11 is 0. The van der Waals surface area contributed by atoms with Crippen LogP contribution in [0.3, 0.4) is 0 Å². The molecule has 2 aliphatic heterocycles. The molecule has 2 rings (SSSR count). The fraction of sp³-hybridized carbons (Fsp3) is 0.963. The van der Waals surface area contributed by atoms with Gasteiger partial charge in [0.2, 0.25) is 0 Å². The van der Waals surface area contributed by atoms with Gasteiger partial charge in [0.05, 0.1) is 12.0 Å². The minimum atomic E-state index is -0.0592. The normalized spacial score (nSPS) is 24.6. The third-order valence-electron chi connectivity index (χ3n) is 6.99. The average molecular weight is 439 g/mol. The Kier molecular flexibility index (Phi) is 14.6. The van der Waals surface area contributed by atoms with Crippen molar-refractivity contribution >= 4 is 5.97 Å². The molecular formula is C27H50O4. The molecule has 4 atom stereocenters. The van der Waals surface area contributed by atoms with Crippen molar-refractivity contribution in [3.8, 4) is 0 Å². The number of hydrogen-bond acceptors (Lipinski definition) is 4. The Bertz CT molecular complexity index is 447. The van der Waals surface area contributed by atoms with Gasteiger partial charge >= 0.3 is 5.97 Å². The maximum atomic E-state index is 12.0. The topological polar surface area (TPSA) is 44.8 Å². The molecule has 4 nitrogen and oxygen atoms in total. The number of esters is 1. The first-order valence-corrected chi connectivity index (χ1v) is 13.7. The molecule has 0 aromatic heterocycles. The lowest BCUT2D eigenvalue weighted by molar-refractivity contribution is -0.211. The van der Waals surface area contributed by atoms with Crippen LogP contribution in [0.1, 0.15) is 136 Å². The van der Waals surface area contributed by atoms with Crippen molar-refractivity contribution < 1.29 is 19.0 Å². The van der Waals surface area contributed by atoms with E-state index in [0.717, 1.165) is 45.1 Å². The first-order chi connectivity index (χ1) is 15.2. The Labute approximate surface area is 192 Å². The largest absolute Gasteiger partial charge is 0.461 e. The lowest BCUT2D eigenvalue weighted by Gasteiger charge is -2.38. The second kappa shape index (κ2) is 16.9. The van der Waals surface area contributed by atoms with Crippen LogP contribution < -0.4 is 0 Å². The van der Waals surface area contributed by atoms with E-state index in [1.165, 1.54) is 83.5 Å². The predicted octanol–water partition coefficient (Wildman–Crippen LogP) is 7.72. The van der Waals surface area contributed by atoms with Crippen molar-refractivity contribution in [2.24, 2.45) is 5.92 Å². The van der Waals surface area contributed by atoms with Crippen LogP contribution in [0, 0.1) is 5.92 Å². The zero-order valence-electron chi connectivity index (χ0n) is 20.6. The number of ether oxygens (including phenoxy) is 3. The van der Waals surface area contributed by atoms with Crippen molar-refractivity contribution in [3.05, 3.63) is 0 Å². The monoisotopic (exact) mass is 438 g/mol. The summed E-state index contributed by atoms with van der Waals surface area (Å²) in [6, 6.07) is 0. The van der Waals surface area contributed by atoms with E-state index in [1.807, 2.05) is 0 Å². The Hall–Kier alpha value is -0.610. The van der Waals surface area contributed by atoms with Gasteiger partial charge in [0.15, 0.2) is 6.29 Å². The summed E-state index contributed by atoms with van der Waals surface area (Å²) in [5.74, 6) is 0.107. The van der Waals surface area contributed by atoms with Crippen LogP contribution in [0.5, 0.6) is 0 Å². The smallest absolute Gasteiger partial charge is 0.313 e. The van der Waals surface area contributed by atoms with E-state index in [0.29, 0.717) is 0 Å². The molecule has 2 saturated heterocycles. The molecule has 0 radical (unpaired) electrons. The molecule has 2 fully saturated rings. The standard InChI is InChI=1S/C27H50O4/c1-3-5-7-9-10-11-12-13-14-18-23(30-26-20-16-17-21-29-26)22-25-24(27(28)31-25)19-15-8-6-4-2/h23-26H,3-22H2,1-2H3/t23-,24?,25?,26?/m0/s1. The summed E-state index contributed by atoms with van der Waals surface area (Å²) in [5.41, 5.74) is 0. The van der Waals surface area contributed by atoms with E-state index in [4.69, 9.17) is 14.2 Å². The molecule has 0 N–H and O–H groups in total. The minimum absolute atomic E-state index is 0.0113. The molecule has 0 aromatic rings. The Balaban J connectivity index is 1.69. The third kappa shape index (κ3) is 11.2. The lowest BCUT2D eigenvalue weighted by atomic mass is 9.86. The van der Waals surface area contributed by atoms with Gasteiger partial charge in [0.1, 0.15) is 6.10 Å². The number of unbranched alkanes of at least 4 members (excludes halogenated alkanes) is 11. The zero-order chi connectivity index (χ0) is 22.2. The molecule has 0 aliphatic carbocycles. The van der Waals surface area contributed by atoms with Gasteiger partial charge in [0.25, 0.3) is 0 Å². The van der Waals surface area contributed by atoms with Crippen molar-refractivity contribution in [1.82, 2.24) is 0 Å². The number of carbonyl (C=O) groups is 1. The molecule has 182 valence electrons. The fourth-order valence-electron chi connectivity index (χ4n) is 4.92. The van der Waals surface area contributed by atoms with E-state index in [1.54, 1.807) is 0 Å². The third-order valence-corrected chi connectivity index (χ3v) is 6.99. The summed E-state index contributed by atoms with van der Waals surface area (Å²) in [6.07, 6.45) is 23.3. The maximum Gasteiger partial charge on any atom is 0.313 e. The molecule has 0 spiro atoms. The van der Waals surface area contributed by atoms with Crippen molar-refractivity contribution in [3.63, 3.8) is 0 Å². The van der Waals surface area contributed by atoms with Gasteiger partial charge in [-0.05, 0) is 32.1 Å².